The van der Waals surface area contributed by atoms with Crippen LogP contribution in [-0.4, -0.2) is 37.9 Å². The van der Waals surface area contributed by atoms with Gasteiger partial charge in [-0.05, 0) is 43.6 Å². The van der Waals surface area contributed by atoms with Gasteiger partial charge in [-0.2, -0.15) is 0 Å². The van der Waals surface area contributed by atoms with E-state index in [0.717, 1.165) is 25.6 Å². The Bertz CT molecular complexity index is 577. The number of amides is 1. The molecule has 0 aliphatic carbocycles. The minimum absolute atomic E-state index is 0.0664. The maximum Gasteiger partial charge on any atom is 0.220 e. The van der Waals surface area contributed by atoms with Gasteiger partial charge in [0.25, 0.3) is 0 Å². The van der Waals surface area contributed by atoms with Gasteiger partial charge in [-0.25, -0.2) is 4.39 Å². The summed E-state index contributed by atoms with van der Waals surface area (Å²) < 4.78 is 18.4. The van der Waals surface area contributed by atoms with Crippen LogP contribution in [0, 0.1) is 11.7 Å². The summed E-state index contributed by atoms with van der Waals surface area (Å²) in [6.45, 7) is 3.86. The first-order valence-corrected chi connectivity index (χ1v) is 7.88. The lowest BCUT2D eigenvalue weighted by molar-refractivity contribution is -0.122. The van der Waals surface area contributed by atoms with Crippen molar-refractivity contribution >= 4 is 11.7 Å². The normalized spacial score (nSPS) is 20.8. The molecule has 5 nitrogen and oxygen atoms in total. The van der Waals surface area contributed by atoms with Crippen LogP contribution < -0.4 is 15.4 Å². The monoisotopic (exact) mass is 322 g/mol. The highest BCUT2D eigenvalue weighted by Crippen LogP contribution is 2.19. The molecule has 0 spiro atoms. The van der Waals surface area contributed by atoms with Crippen molar-refractivity contribution in [3.63, 3.8) is 0 Å². The second-order valence-corrected chi connectivity index (χ2v) is 5.92. The van der Waals surface area contributed by atoms with Gasteiger partial charge in [0.1, 0.15) is 0 Å². The van der Waals surface area contributed by atoms with Crippen LogP contribution in [0.25, 0.3) is 0 Å². The Kier molecular flexibility index (Phi) is 6.10. The minimum Gasteiger partial charge on any atom is -0.494 e. The highest BCUT2D eigenvalue weighted by Gasteiger charge is 2.22. The highest BCUT2D eigenvalue weighted by molar-refractivity contribution is 5.98. The van der Waals surface area contributed by atoms with Crippen LogP contribution in [0.2, 0.25) is 0 Å². The Morgan fingerprint density at radius 3 is 2.83 bits per heavy atom. The Morgan fingerprint density at radius 2 is 2.17 bits per heavy atom. The molecular weight excluding hydrogens is 299 g/mol. The molecule has 1 aromatic carbocycles. The maximum atomic E-state index is 13.6. The molecule has 1 saturated heterocycles. The number of carbonyl (C=O) groups is 2. The molecule has 2 rings (SSSR count). The molecule has 126 valence electrons. The molecule has 2 N–H and O–H groups in total. The number of hydrogen-bond acceptors (Lipinski definition) is 4. The van der Waals surface area contributed by atoms with E-state index in [1.54, 1.807) is 0 Å². The van der Waals surface area contributed by atoms with Crippen molar-refractivity contribution in [2.45, 2.75) is 32.2 Å². The van der Waals surface area contributed by atoms with Crippen LogP contribution in [0.1, 0.15) is 36.5 Å². The number of benzene rings is 1. The summed E-state index contributed by atoms with van der Waals surface area (Å²) in [5.41, 5.74) is 0.256. The number of Topliss-reactive ketones (excluding diaryl/α,β-unsaturated/α-hetero) is 1. The van der Waals surface area contributed by atoms with E-state index in [2.05, 4.69) is 17.6 Å². The molecule has 1 aliphatic heterocycles. The topological polar surface area (TPSA) is 67.4 Å². The lowest BCUT2D eigenvalue weighted by atomic mass is 9.95. The Morgan fingerprint density at radius 1 is 1.39 bits per heavy atom. The number of halogens is 1. The number of methoxy groups -OCH3 is 1. The molecule has 2 atom stereocenters. The SMILES string of the molecule is COc1ccc(C(=O)CCC(=O)NC2CCNCC2C)cc1F. The number of carbonyl (C=O) groups excluding carboxylic acids is 2. The molecule has 23 heavy (non-hydrogen) atoms. The molecule has 6 heteroatoms. The third-order valence-corrected chi connectivity index (χ3v) is 4.18. The predicted molar refractivity (Wildman–Crippen MR) is 85.1 cm³/mol. The number of rotatable bonds is 6. The fourth-order valence-corrected chi connectivity index (χ4v) is 2.72. The highest BCUT2D eigenvalue weighted by atomic mass is 19.1. The van der Waals surface area contributed by atoms with Crippen molar-refractivity contribution in [1.82, 2.24) is 10.6 Å². The van der Waals surface area contributed by atoms with Gasteiger partial charge in [0, 0.05) is 24.4 Å². The summed E-state index contributed by atoms with van der Waals surface area (Å²) in [5, 5.41) is 6.25. The molecule has 1 heterocycles. The van der Waals surface area contributed by atoms with Crippen LogP contribution in [0.15, 0.2) is 18.2 Å². The van der Waals surface area contributed by atoms with E-state index in [0.29, 0.717) is 5.92 Å². The maximum absolute atomic E-state index is 13.6. The zero-order chi connectivity index (χ0) is 16.8. The van der Waals surface area contributed by atoms with Crippen LogP contribution in [0.5, 0.6) is 5.75 Å². The van der Waals surface area contributed by atoms with Gasteiger partial charge in [0.05, 0.1) is 7.11 Å². The van der Waals surface area contributed by atoms with Crippen molar-refractivity contribution in [2.75, 3.05) is 20.2 Å². The molecule has 1 aromatic rings. The van der Waals surface area contributed by atoms with E-state index in [4.69, 9.17) is 4.74 Å². The van der Waals surface area contributed by atoms with Crippen LogP contribution in [0.3, 0.4) is 0 Å². The number of ketones is 1. The number of ether oxygens (including phenoxy) is 1. The second kappa shape index (κ2) is 8.06. The lowest BCUT2D eigenvalue weighted by Crippen LogP contribution is -2.48. The lowest BCUT2D eigenvalue weighted by Gasteiger charge is -2.30. The van der Waals surface area contributed by atoms with E-state index >= 15 is 0 Å². The zero-order valence-corrected chi connectivity index (χ0v) is 13.5. The van der Waals surface area contributed by atoms with Crippen molar-refractivity contribution in [2.24, 2.45) is 5.92 Å². The van der Waals surface area contributed by atoms with Crippen molar-refractivity contribution in [3.05, 3.63) is 29.6 Å². The van der Waals surface area contributed by atoms with Gasteiger partial charge in [-0.3, -0.25) is 9.59 Å². The van der Waals surface area contributed by atoms with Crippen LogP contribution >= 0.6 is 0 Å². The van der Waals surface area contributed by atoms with Gasteiger partial charge in [0.15, 0.2) is 17.3 Å². The second-order valence-electron chi connectivity index (χ2n) is 5.92. The smallest absolute Gasteiger partial charge is 0.220 e. The Hall–Kier alpha value is -1.95. The Balaban J connectivity index is 1.83. The average molecular weight is 322 g/mol. The largest absolute Gasteiger partial charge is 0.494 e. The van der Waals surface area contributed by atoms with Gasteiger partial charge in [-0.15, -0.1) is 0 Å². The summed E-state index contributed by atoms with van der Waals surface area (Å²) in [6, 6.07) is 4.22. The molecule has 0 radical (unpaired) electrons. The summed E-state index contributed by atoms with van der Waals surface area (Å²) in [4.78, 5) is 24.0. The summed E-state index contributed by atoms with van der Waals surface area (Å²) in [7, 11) is 1.37. The van der Waals surface area contributed by atoms with E-state index in [1.165, 1.54) is 19.2 Å². The molecule has 0 bridgehead atoms. The molecule has 1 amide bonds. The zero-order valence-electron chi connectivity index (χ0n) is 13.5. The van der Waals surface area contributed by atoms with Gasteiger partial charge < -0.3 is 15.4 Å². The molecule has 0 aromatic heterocycles. The quantitative estimate of drug-likeness (QED) is 0.785. The van der Waals surface area contributed by atoms with Crippen molar-refractivity contribution in [1.29, 1.82) is 0 Å². The van der Waals surface area contributed by atoms with Gasteiger partial charge in [0.2, 0.25) is 5.91 Å². The molecular formula is C17H23FN2O3. The summed E-state index contributed by atoms with van der Waals surface area (Å²) >= 11 is 0. The number of piperidine rings is 1. The Labute approximate surface area is 135 Å². The van der Waals surface area contributed by atoms with E-state index in [1.807, 2.05) is 0 Å². The average Bonchev–Trinajstić information content (AvgIpc) is 2.54. The summed E-state index contributed by atoms with van der Waals surface area (Å²) in [5.74, 6) is -0.490. The standard InChI is InChI=1S/C17H23FN2O3/c1-11-10-19-8-7-14(11)20-17(22)6-4-15(21)12-3-5-16(23-2)13(18)9-12/h3,5,9,11,14,19H,4,6-8,10H2,1-2H3,(H,20,22). The van der Waals surface area contributed by atoms with E-state index in [-0.39, 0.29) is 41.9 Å². The minimum atomic E-state index is -0.577. The van der Waals surface area contributed by atoms with Crippen molar-refractivity contribution < 1.29 is 18.7 Å². The third-order valence-electron chi connectivity index (χ3n) is 4.18. The first kappa shape index (κ1) is 17.4. The third kappa shape index (κ3) is 4.76. The first-order chi connectivity index (χ1) is 11.0. The molecule has 2 unspecified atom stereocenters. The fraction of sp³-hybridized carbons (Fsp3) is 0.529. The predicted octanol–water partition coefficient (Wildman–Crippen LogP) is 1.91. The fourth-order valence-electron chi connectivity index (χ4n) is 2.72. The molecule has 1 aliphatic rings. The molecule has 1 fully saturated rings. The van der Waals surface area contributed by atoms with Gasteiger partial charge >= 0.3 is 0 Å². The van der Waals surface area contributed by atoms with Crippen LogP contribution in [0.4, 0.5) is 4.39 Å². The molecule has 0 saturated carbocycles. The van der Waals surface area contributed by atoms with E-state index < -0.39 is 5.82 Å². The first-order valence-electron chi connectivity index (χ1n) is 7.88. The van der Waals surface area contributed by atoms with E-state index in [9.17, 15) is 14.0 Å². The number of nitrogens with one attached hydrogen (secondary N) is 2. The van der Waals surface area contributed by atoms with Crippen LogP contribution in [-0.2, 0) is 4.79 Å². The summed E-state index contributed by atoms with van der Waals surface area (Å²) in [6.07, 6.45) is 1.07. The number of hydrogen-bond donors (Lipinski definition) is 2. The van der Waals surface area contributed by atoms with Gasteiger partial charge in [-0.1, -0.05) is 6.92 Å². The van der Waals surface area contributed by atoms with Crippen molar-refractivity contribution in [3.8, 4) is 5.75 Å².